The van der Waals surface area contributed by atoms with Crippen molar-refractivity contribution in [3.63, 3.8) is 0 Å². The Balaban J connectivity index is 1.59. The van der Waals surface area contributed by atoms with Gasteiger partial charge in [-0.15, -0.1) is 0 Å². The van der Waals surface area contributed by atoms with Crippen molar-refractivity contribution in [2.75, 3.05) is 24.1 Å². The summed E-state index contributed by atoms with van der Waals surface area (Å²) >= 11 is 0. The number of nitrogens with one attached hydrogen (secondary N) is 2. The van der Waals surface area contributed by atoms with Crippen molar-refractivity contribution in [1.82, 2.24) is 20.4 Å². The topological polar surface area (TPSA) is 96.2 Å². The van der Waals surface area contributed by atoms with Gasteiger partial charge in [-0.05, 0) is 60.5 Å². The summed E-state index contributed by atoms with van der Waals surface area (Å²) in [6.07, 6.45) is 8.72. The molecule has 0 radical (unpaired) electrons. The van der Waals surface area contributed by atoms with E-state index in [2.05, 4.69) is 20.7 Å². The number of fused-ring (bicyclic) bond motifs is 1. The Bertz CT molecular complexity index is 1010. The number of amides is 2. The van der Waals surface area contributed by atoms with E-state index in [9.17, 15) is 4.79 Å². The minimum atomic E-state index is -0.277. The Hall–Kier alpha value is -3.19. The van der Waals surface area contributed by atoms with E-state index >= 15 is 0 Å². The van der Waals surface area contributed by atoms with Crippen molar-refractivity contribution >= 4 is 28.3 Å². The molecule has 1 aromatic carbocycles. The number of nitrogens with two attached hydrogens (primary N) is 1. The predicted molar refractivity (Wildman–Crippen MR) is 112 cm³/mol. The van der Waals surface area contributed by atoms with Crippen molar-refractivity contribution < 1.29 is 4.79 Å². The minimum Gasteiger partial charge on any atom is -0.398 e. The number of carbonyl (C=O) groups is 1. The van der Waals surface area contributed by atoms with Crippen LogP contribution in [0.1, 0.15) is 24.8 Å². The number of aryl methyl sites for hydroxylation is 1. The normalized spacial score (nSPS) is 14.8. The lowest BCUT2D eigenvalue weighted by Crippen LogP contribution is -2.46. The third-order valence-corrected chi connectivity index (χ3v) is 5.08. The fourth-order valence-electron chi connectivity index (χ4n) is 3.57. The Morgan fingerprint density at radius 1 is 1.14 bits per heavy atom. The molecule has 1 aliphatic heterocycles. The van der Waals surface area contributed by atoms with Gasteiger partial charge in [0.25, 0.3) is 0 Å². The molecule has 28 heavy (non-hydrogen) atoms. The molecular formula is C21H24N6O. The first-order valence-electron chi connectivity index (χ1n) is 9.53. The Kier molecular flexibility index (Phi) is 5.08. The van der Waals surface area contributed by atoms with Crippen LogP contribution in [-0.4, -0.2) is 34.1 Å². The van der Waals surface area contributed by atoms with Crippen LogP contribution in [0.25, 0.3) is 21.9 Å². The Labute approximate surface area is 163 Å². The maximum Gasteiger partial charge on any atom is 0.334 e. The van der Waals surface area contributed by atoms with Crippen LogP contribution in [0.2, 0.25) is 0 Å². The first kappa shape index (κ1) is 18.2. The van der Waals surface area contributed by atoms with E-state index in [0.717, 1.165) is 53.4 Å². The molecule has 0 bridgehead atoms. The molecule has 0 spiro atoms. The number of benzene rings is 1. The molecule has 0 atom stereocenters. The summed E-state index contributed by atoms with van der Waals surface area (Å²) in [5.74, 6) is 0.487. The van der Waals surface area contributed by atoms with Gasteiger partial charge in [-0.2, -0.15) is 0 Å². The second kappa shape index (κ2) is 7.82. The van der Waals surface area contributed by atoms with Gasteiger partial charge in [-0.25, -0.2) is 14.8 Å². The van der Waals surface area contributed by atoms with Crippen LogP contribution in [0.3, 0.4) is 0 Å². The van der Waals surface area contributed by atoms with Crippen molar-refractivity contribution in [2.24, 2.45) is 0 Å². The molecule has 4 N–H and O–H groups in total. The summed E-state index contributed by atoms with van der Waals surface area (Å²) in [7, 11) is 0. The molecule has 2 aromatic heterocycles. The molecule has 4 rings (SSSR count). The quantitative estimate of drug-likeness (QED) is 0.606. The molecule has 0 aliphatic carbocycles. The van der Waals surface area contributed by atoms with Crippen LogP contribution in [0.15, 0.2) is 42.9 Å². The fourth-order valence-corrected chi connectivity index (χ4v) is 3.57. The third kappa shape index (κ3) is 3.89. The van der Waals surface area contributed by atoms with Crippen LogP contribution in [0.4, 0.5) is 16.3 Å². The van der Waals surface area contributed by atoms with Gasteiger partial charge >= 0.3 is 6.03 Å². The van der Waals surface area contributed by atoms with Gasteiger partial charge in [0.2, 0.25) is 0 Å². The van der Waals surface area contributed by atoms with Crippen LogP contribution < -0.4 is 16.5 Å². The summed E-state index contributed by atoms with van der Waals surface area (Å²) in [5.41, 5.74) is 12.9. The zero-order valence-electron chi connectivity index (χ0n) is 15.9. The highest BCUT2D eigenvalue weighted by Gasteiger charge is 2.14. The highest BCUT2D eigenvalue weighted by Crippen LogP contribution is 2.31. The first-order chi connectivity index (χ1) is 13.6. The minimum absolute atomic E-state index is 0.277. The Morgan fingerprint density at radius 3 is 2.75 bits per heavy atom. The van der Waals surface area contributed by atoms with E-state index in [1.807, 2.05) is 42.4 Å². The van der Waals surface area contributed by atoms with Crippen molar-refractivity contribution in [2.45, 2.75) is 26.2 Å². The Morgan fingerprint density at radius 2 is 1.96 bits per heavy atom. The van der Waals surface area contributed by atoms with E-state index in [1.165, 1.54) is 6.42 Å². The van der Waals surface area contributed by atoms with E-state index < -0.39 is 0 Å². The summed E-state index contributed by atoms with van der Waals surface area (Å²) in [5, 5.41) is 6.53. The van der Waals surface area contributed by atoms with Crippen molar-refractivity contribution in [1.29, 1.82) is 0 Å². The van der Waals surface area contributed by atoms with E-state index in [0.29, 0.717) is 11.5 Å². The molecule has 3 heterocycles. The number of nitrogen functional groups attached to an aromatic ring is 1. The number of urea groups is 1. The standard InChI is InChI=1S/C21H24N6O/c1-14-5-6-23-12-17(14)15-9-16-11-20(24-13-18(16)19(22)10-15)25-21(28)26-27-7-3-2-4-8-27/h5-6,9-13H,2-4,7-8,22H2,1H3,(H2,24,25,26,28). The molecule has 7 heteroatoms. The molecular weight excluding hydrogens is 352 g/mol. The van der Waals surface area contributed by atoms with Gasteiger partial charge in [-0.1, -0.05) is 6.42 Å². The summed E-state index contributed by atoms with van der Waals surface area (Å²) < 4.78 is 0. The van der Waals surface area contributed by atoms with E-state index in [-0.39, 0.29) is 6.03 Å². The van der Waals surface area contributed by atoms with Crippen LogP contribution in [-0.2, 0) is 0 Å². The van der Waals surface area contributed by atoms with Gasteiger partial charge < -0.3 is 5.73 Å². The molecule has 1 aliphatic rings. The molecule has 0 saturated carbocycles. The van der Waals surface area contributed by atoms with Gasteiger partial charge in [0, 0.05) is 48.3 Å². The number of anilines is 2. The van der Waals surface area contributed by atoms with Crippen LogP contribution >= 0.6 is 0 Å². The number of piperidine rings is 1. The maximum atomic E-state index is 12.3. The van der Waals surface area contributed by atoms with Crippen molar-refractivity contribution in [3.05, 3.63) is 48.4 Å². The average Bonchev–Trinajstić information content (AvgIpc) is 2.68. The van der Waals surface area contributed by atoms with Gasteiger partial charge in [0.1, 0.15) is 5.82 Å². The smallest absolute Gasteiger partial charge is 0.334 e. The number of hydrazine groups is 1. The largest absolute Gasteiger partial charge is 0.398 e. The number of aromatic nitrogens is 2. The third-order valence-electron chi connectivity index (χ3n) is 5.08. The zero-order valence-corrected chi connectivity index (χ0v) is 15.9. The highest BCUT2D eigenvalue weighted by atomic mass is 16.2. The van der Waals surface area contributed by atoms with Crippen LogP contribution in [0, 0.1) is 6.92 Å². The van der Waals surface area contributed by atoms with E-state index in [1.54, 1.807) is 12.4 Å². The number of nitrogens with zero attached hydrogens (tertiary/aromatic N) is 3. The molecule has 7 nitrogen and oxygen atoms in total. The predicted octanol–water partition coefficient (Wildman–Crippen LogP) is 3.71. The zero-order chi connectivity index (χ0) is 19.5. The lowest BCUT2D eigenvalue weighted by Gasteiger charge is -2.26. The number of hydrogen-bond acceptors (Lipinski definition) is 5. The second-order valence-electron chi connectivity index (χ2n) is 7.16. The number of rotatable bonds is 3. The summed E-state index contributed by atoms with van der Waals surface area (Å²) in [6, 6.07) is 7.52. The molecule has 0 unspecified atom stereocenters. The second-order valence-corrected chi connectivity index (χ2v) is 7.16. The molecule has 1 saturated heterocycles. The average molecular weight is 376 g/mol. The van der Waals surface area contributed by atoms with Gasteiger partial charge in [0.05, 0.1) is 0 Å². The first-order valence-corrected chi connectivity index (χ1v) is 9.53. The lowest BCUT2D eigenvalue weighted by atomic mass is 9.99. The van der Waals surface area contributed by atoms with E-state index in [4.69, 9.17) is 5.73 Å². The fraction of sp³-hybridized carbons (Fsp3) is 0.286. The van der Waals surface area contributed by atoms with Gasteiger partial charge in [-0.3, -0.25) is 15.7 Å². The monoisotopic (exact) mass is 376 g/mol. The number of hydrogen-bond donors (Lipinski definition) is 3. The maximum absolute atomic E-state index is 12.3. The SMILES string of the molecule is Cc1ccncc1-c1cc(N)c2cnc(NC(=O)NN3CCCCC3)cc2c1. The van der Waals surface area contributed by atoms with Crippen LogP contribution in [0.5, 0.6) is 0 Å². The van der Waals surface area contributed by atoms with Crippen molar-refractivity contribution in [3.8, 4) is 11.1 Å². The number of carbonyl (C=O) groups excluding carboxylic acids is 1. The number of pyridine rings is 2. The summed E-state index contributed by atoms with van der Waals surface area (Å²) in [6.45, 7) is 3.80. The molecule has 2 amide bonds. The highest BCUT2D eigenvalue weighted by molar-refractivity contribution is 5.99. The molecule has 3 aromatic rings. The molecule has 1 fully saturated rings. The lowest BCUT2D eigenvalue weighted by molar-refractivity contribution is 0.162. The molecule has 144 valence electrons. The summed E-state index contributed by atoms with van der Waals surface area (Å²) in [4.78, 5) is 20.8. The van der Waals surface area contributed by atoms with Gasteiger partial charge in [0.15, 0.2) is 0 Å².